The molecule has 1 heterocycles. The Labute approximate surface area is 109 Å². The summed E-state index contributed by atoms with van der Waals surface area (Å²) in [5.74, 6) is 0.0266. The van der Waals surface area contributed by atoms with Crippen LogP contribution >= 0.6 is 0 Å². The van der Waals surface area contributed by atoms with E-state index in [4.69, 9.17) is 0 Å². The fourth-order valence-electron chi connectivity index (χ4n) is 2.02. The van der Waals surface area contributed by atoms with Crippen LogP contribution in [0.25, 0.3) is 0 Å². The summed E-state index contributed by atoms with van der Waals surface area (Å²) in [6.45, 7) is 7.22. The average molecular weight is 249 g/mol. The molecule has 0 bridgehead atoms. The van der Waals surface area contributed by atoms with Crippen molar-refractivity contribution in [2.24, 2.45) is 0 Å². The summed E-state index contributed by atoms with van der Waals surface area (Å²) in [5.41, 5.74) is 1.86. The van der Waals surface area contributed by atoms with Crippen LogP contribution in [-0.2, 0) is 0 Å². The van der Waals surface area contributed by atoms with Crippen molar-refractivity contribution in [3.63, 3.8) is 0 Å². The van der Waals surface area contributed by atoms with Gasteiger partial charge in [0.25, 0.3) is 5.91 Å². The zero-order valence-corrected chi connectivity index (χ0v) is 11.5. The third-order valence-electron chi connectivity index (χ3n) is 2.98. The number of carbonyl (C=O) groups excluding carboxylic acids is 1. The fraction of sp³-hybridized carbons (Fsp3) is 0.533. The number of carbonyl (C=O) groups is 1. The third kappa shape index (κ3) is 3.84. The molecule has 0 aliphatic carbocycles. The standard InChI is InChI=1S/C13H17NO2.C2H6/c1-10-4-6-11(7-5-10)13(16)14-8-2-3-12(15)9-14;1-2/h4-7,12,15H,2-3,8-9H2,1H3;1-2H3. The lowest BCUT2D eigenvalue weighted by molar-refractivity contribution is 0.0474. The number of nitrogens with zero attached hydrogens (tertiary/aromatic N) is 1. The summed E-state index contributed by atoms with van der Waals surface area (Å²) in [6.07, 6.45) is 1.33. The molecule has 1 atom stereocenters. The topological polar surface area (TPSA) is 40.5 Å². The largest absolute Gasteiger partial charge is 0.391 e. The monoisotopic (exact) mass is 249 g/mol. The maximum absolute atomic E-state index is 12.1. The number of aryl methyl sites for hydroxylation is 1. The van der Waals surface area contributed by atoms with Crippen LogP contribution in [0.5, 0.6) is 0 Å². The van der Waals surface area contributed by atoms with Gasteiger partial charge in [-0.25, -0.2) is 0 Å². The van der Waals surface area contributed by atoms with Crippen molar-refractivity contribution in [2.45, 2.75) is 39.7 Å². The third-order valence-corrected chi connectivity index (χ3v) is 2.98. The number of amides is 1. The summed E-state index contributed by atoms with van der Waals surface area (Å²) in [4.78, 5) is 13.8. The molecule has 1 unspecified atom stereocenters. The molecule has 0 spiro atoms. The van der Waals surface area contributed by atoms with E-state index in [1.165, 1.54) is 0 Å². The predicted octanol–water partition coefficient (Wildman–Crippen LogP) is 2.62. The molecule has 3 heteroatoms. The molecular weight excluding hydrogens is 226 g/mol. The van der Waals surface area contributed by atoms with Gasteiger partial charge >= 0.3 is 0 Å². The molecule has 0 saturated carbocycles. The van der Waals surface area contributed by atoms with E-state index in [0.717, 1.165) is 24.9 Å². The summed E-state index contributed by atoms with van der Waals surface area (Å²) < 4.78 is 0. The lowest BCUT2D eigenvalue weighted by atomic mass is 10.1. The minimum absolute atomic E-state index is 0.0266. The van der Waals surface area contributed by atoms with Gasteiger partial charge in [-0.3, -0.25) is 4.79 Å². The number of hydrogen-bond donors (Lipinski definition) is 1. The molecule has 1 aliphatic heterocycles. The first kappa shape index (κ1) is 14.7. The predicted molar refractivity (Wildman–Crippen MR) is 73.7 cm³/mol. The molecule has 1 N–H and O–H groups in total. The molecule has 1 fully saturated rings. The van der Waals surface area contributed by atoms with Crippen LogP contribution in [-0.4, -0.2) is 35.1 Å². The second kappa shape index (κ2) is 7.17. The first-order valence-corrected chi connectivity index (χ1v) is 6.71. The van der Waals surface area contributed by atoms with Gasteiger partial charge in [-0.05, 0) is 31.9 Å². The number of β-amino-alcohol motifs (C(OH)–C–C–N with tert-alkyl or cyclic N) is 1. The summed E-state index contributed by atoms with van der Waals surface area (Å²) in [7, 11) is 0. The Morgan fingerprint density at radius 3 is 2.44 bits per heavy atom. The number of aliphatic hydroxyl groups excluding tert-OH is 1. The van der Waals surface area contributed by atoms with E-state index in [1.807, 2.05) is 45.0 Å². The van der Waals surface area contributed by atoms with Gasteiger partial charge in [-0.15, -0.1) is 0 Å². The molecule has 0 aromatic heterocycles. The van der Waals surface area contributed by atoms with Gasteiger partial charge in [0.15, 0.2) is 0 Å². The van der Waals surface area contributed by atoms with Gasteiger partial charge in [-0.2, -0.15) is 0 Å². The summed E-state index contributed by atoms with van der Waals surface area (Å²) >= 11 is 0. The van der Waals surface area contributed by atoms with Crippen LogP contribution in [0.3, 0.4) is 0 Å². The number of benzene rings is 1. The average Bonchev–Trinajstić information content (AvgIpc) is 2.41. The molecule has 2 rings (SSSR count). The Bertz CT molecular complexity index is 373. The highest BCUT2D eigenvalue weighted by molar-refractivity contribution is 5.94. The van der Waals surface area contributed by atoms with Crippen LogP contribution in [0, 0.1) is 6.92 Å². The summed E-state index contributed by atoms with van der Waals surface area (Å²) in [5, 5.41) is 9.53. The maximum Gasteiger partial charge on any atom is 0.253 e. The lowest BCUT2D eigenvalue weighted by Gasteiger charge is -2.30. The quantitative estimate of drug-likeness (QED) is 0.831. The highest BCUT2D eigenvalue weighted by atomic mass is 16.3. The van der Waals surface area contributed by atoms with Crippen molar-refractivity contribution in [3.05, 3.63) is 35.4 Å². The first-order valence-electron chi connectivity index (χ1n) is 6.71. The number of aliphatic hydroxyl groups is 1. The van der Waals surface area contributed by atoms with Gasteiger partial charge in [0, 0.05) is 18.7 Å². The van der Waals surface area contributed by atoms with Crippen LogP contribution in [0.15, 0.2) is 24.3 Å². The van der Waals surface area contributed by atoms with Gasteiger partial charge < -0.3 is 10.0 Å². The van der Waals surface area contributed by atoms with E-state index in [9.17, 15) is 9.90 Å². The number of rotatable bonds is 1. The molecule has 1 aromatic rings. The Balaban J connectivity index is 0.000000771. The van der Waals surface area contributed by atoms with Gasteiger partial charge in [0.2, 0.25) is 0 Å². The Kier molecular flexibility index (Phi) is 5.86. The molecule has 1 aromatic carbocycles. The van der Waals surface area contributed by atoms with E-state index in [0.29, 0.717) is 12.1 Å². The zero-order chi connectivity index (χ0) is 13.5. The molecule has 1 amide bonds. The van der Waals surface area contributed by atoms with Gasteiger partial charge in [-0.1, -0.05) is 31.5 Å². The van der Waals surface area contributed by atoms with E-state index in [1.54, 1.807) is 4.90 Å². The fourth-order valence-corrected chi connectivity index (χ4v) is 2.02. The van der Waals surface area contributed by atoms with Crippen LogP contribution in [0.4, 0.5) is 0 Å². The molecular formula is C15H23NO2. The molecule has 18 heavy (non-hydrogen) atoms. The van der Waals surface area contributed by atoms with Crippen molar-refractivity contribution in [3.8, 4) is 0 Å². The number of likely N-dealkylation sites (tertiary alicyclic amines) is 1. The van der Waals surface area contributed by atoms with E-state index >= 15 is 0 Å². The zero-order valence-electron chi connectivity index (χ0n) is 11.5. The molecule has 100 valence electrons. The normalized spacial score (nSPS) is 18.9. The van der Waals surface area contributed by atoms with Crippen LogP contribution in [0.2, 0.25) is 0 Å². The Morgan fingerprint density at radius 1 is 1.28 bits per heavy atom. The minimum atomic E-state index is -0.358. The first-order chi connectivity index (χ1) is 8.66. The highest BCUT2D eigenvalue weighted by Crippen LogP contribution is 2.14. The van der Waals surface area contributed by atoms with E-state index in [2.05, 4.69) is 0 Å². The van der Waals surface area contributed by atoms with Crippen molar-refractivity contribution < 1.29 is 9.90 Å². The van der Waals surface area contributed by atoms with Crippen molar-refractivity contribution in [1.29, 1.82) is 0 Å². The van der Waals surface area contributed by atoms with E-state index in [-0.39, 0.29) is 12.0 Å². The SMILES string of the molecule is CC.Cc1ccc(C(=O)N2CCCC(O)C2)cc1. The number of hydrogen-bond acceptors (Lipinski definition) is 2. The second-order valence-corrected chi connectivity index (χ2v) is 4.41. The summed E-state index contributed by atoms with van der Waals surface area (Å²) in [6, 6.07) is 7.57. The Morgan fingerprint density at radius 2 is 1.89 bits per heavy atom. The minimum Gasteiger partial charge on any atom is -0.391 e. The lowest BCUT2D eigenvalue weighted by Crippen LogP contribution is -2.42. The maximum atomic E-state index is 12.1. The van der Waals surface area contributed by atoms with Gasteiger partial charge in [0.1, 0.15) is 0 Å². The van der Waals surface area contributed by atoms with Crippen LogP contribution < -0.4 is 0 Å². The van der Waals surface area contributed by atoms with E-state index < -0.39 is 0 Å². The smallest absolute Gasteiger partial charge is 0.253 e. The Hall–Kier alpha value is -1.35. The van der Waals surface area contributed by atoms with Crippen molar-refractivity contribution in [2.75, 3.05) is 13.1 Å². The second-order valence-electron chi connectivity index (χ2n) is 4.41. The van der Waals surface area contributed by atoms with Crippen molar-refractivity contribution in [1.82, 2.24) is 4.90 Å². The molecule has 3 nitrogen and oxygen atoms in total. The highest BCUT2D eigenvalue weighted by Gasteiger charge is 2.22. The van der Waals surface area contributed by atoms with Crippen molar-refractivity contribution >= 4 is 5.91 Å². The van der Waals surface area contributed by atoms with Gasteiger partial charge in [0.05, 0.1) is 6.10 Å². The molecule has 1 aliphatic rings. The molecule has 0 radical (unpaired) electrons. The molecule has 1 saturated heterocycles. The number of piperidine rings is 1. The van der Waals surface area contributed by atoms with Crippen LogP contribution in [0.1, 0.15) is 42.6 Å².